The molecule has 2 heterocycles. The molecule has 0 atom stereocenters. The largest absolute Gasteiger partial charge is 0.325 e. The lowest BCUT2D eigenvalue weighted by Gasteiger charge is -2.20. The minimum atomic E-state index is -0.304. The Morgan fingerprint density at radius 2 is 1.93 bits per heavy atom. The first-order chi connectivity index (χ1) is 14.0. The number of aryl methyl sites for hydroxylation is 2. The third-order valence-electron chi connectivity index (χ3n) is 5.50. The minimum absolute atomic E-state index is 0.00116. The van der Waals surface area contributed by atoms with Crippen molar-refractivity contribution < 1.29 is 4.79 Å². The van der Waals surface area contributed by atoms with E-state index in [0.717, 1.165) is 45.3 Å². The highest BCUT2D eigenvalue weighted by atomic mass is 32.2. The number of anilines is 1. The highest BCUT2D eigenvalue weighted by Gasteiger charge is 2.37. The van der Waals surface area contributed by atoms with Crippen molar-refractivity contribution in [3.8, 4) is 0 Å². The molecule has 1 saturated carbocycles. The van der Waals surface area contributed by atoms with E-state index in [-0.39, 0.29) is 11.6 Å². The zero-order chi connectivity index (χ0) is 20.3. The van der Waals surface area contributed by atoms with Gasteiger partial charge in [-0.2, -0.15) is 0 Å². The Morgan fingerprint density at radius 1 is 1.14 bits per heavy atom. The lowest BCUT2D eigenvalue weighted by Crippen LogP contribution is -2.20. The highest BCUT2D eigenvalue weighted by molar-refractivity contribution is 8.16. The van der Waals surface area contributed by atoms with Crippen LogP contribution < -0.4 is 5.32 Å². The van der Waals surface area contributed by atoms with E-state index in [1.807, 2.05) is 26.0 Å². The van der Waals surface area contributed by atoms with Crippen LogP contribution in [-0.4, -0.2) is 28.1 Å². The van der Waals surface area contributed by atoms with E-state index in [9.17, 15) is 4.79 Å². The van der Waals surface area contributed by atoms with E-state index < -0.39 is 0 Å². The molecule has 1 amide bonds. The average Bonchev–Trinajstić information content (AvgIpc) is 3.28. The van der Waals surface area contributed by atoms with Crippen LogP contribution in [0.25, 0.3) is 0 Å². The van der Waals surface area contributed by atoms with E-state index in [1.54, 1.807) is 11.3 Å². The average molecular weight is 426 g/mol. The predicted octanol–water partition coefficient (Wildman–Crippen LogP) is 5.99. The van der Waals surface area contributed by atoms with E-state index in [1.165, 1.54) is 37.4 Å². The monoisotopic (exact) mass is 425 g/mol. The van der Waals surface area contributed by atoms with Crippen molar-refractivity contribution in [1.29, 1.82) is 0 Å². The first-order valence-electron chi connectivity index (χ1n) is 10.3. The molecule has 1 spiro atoms. The first kappa shape index (κ1) is 20.4. The molecule has 6 heteroatoms. The van der Waals surface area contributed by atoms with Gasteiger partial charge in [0, 0.05) is 5.69 Å². The van der Waals surface area contributed by atoms with Crippen LogP contribution in [0.15, 0.2) is 45.7 Å². The standard InChI is InChI=1S/C23H27N3OS2/c1-16-9-10-17(2)18(14-16)24-20(27)15-29-22-21(19-8-7-13-28-19)25-23(26-22)11-5-3-4-6-12-23/h7-10,13-14H,3-6,11-12,15H2,1-2H3,(H,24,27). The number of rotatable bonds is 4. The Balaban J connectivity index is 1.49. The fraction of sp³-hybridized carbons (Fsp3) is 0.435. The number of thioether (sulfide) groups is 1. The lowest BCUT2D eigenvalue weighted by molar-refractivity contribution is -0.113. The Kier molecular flexibility index (Phi) is 6.20. The minimum Gasteiger partial charge on any atom is -0.325 e. The number of amides is 1. The third kappa shape index (κ3) is 4.81. The molecule has 152 valence electrons. The topological polar surface area (TPSA) is 53.8 Å². The van der Waals surface area contributed by atoms with E-state index in [2.05, 4.69) is 28.9 Å². The molecule has 1 aromatic carbocycles. The zero-order valence-corrected chi connectivity index (χ0v) is 18.7. The summed E-state index contributed by atoms with van der Waals surface area (Å²) in [6, 6.07) is 10.3. The highest BCUT2D eigenvalue weighted by Crippen LogP contribution is 2.38. The number of carbonyl (C=O) groups is 1. The number of nitrogens with zero attached hydrogens (tertiary/aromatic N) is 2. The number of hydrogen-bond acceptors (Lipinski definition) is 5. The molecular formula is C23H27N3OS2. The van der Waals surface area contributed by atoms with Gasteiger partial charge in [-0.15, -0.1) is 11.3 Å². The fourth-order valence-electron chi connectivity index (χ4n) is 3.91. The molecule has 4 rings (SSSR count). The van der Waals surface area contributed by atoms with Gasteiger partial charge in [0.15, 0.2) is 5.66 Å². The maximum atomic E-state index is 12.6. The molecule has 0 unspecified atom stereocenters. The predicted molar refractivity (Wildman–Crippen MR) is 126 cm³/mol. The van der Waals surface area contributed by atoms with Crippen LogP contribution in [0, 0.1) is 13.8 Å². The quantitative estimate of drug-likeness (QED) is 0.654. The second-order valence-corrected chi connectivity index (χ2v) is 9.82. The summed E-state index contributed by atoms with van der Waals surface area (Å²) < 4.78 is 0. The Morgan fingerprint density at radius 3 is 2.66 bits per heavy atom. The van der Waals surface area contributed by atoms with Crippen molar-refractivity contribution in [3.63, 3.8) is 0 Å². The molecule has 0 radical (unpaired) electrons. The van der Waals surface area contributed by atoms with Crippen molar-refractivity contribution in [2.24, 2.45) is 9.98 Å². The van der Waals surface area contributed by atoms with E-state index in [0.29, 0.717) is 5.75 Å². The van der Waals surface area contributed by atoms with Crippen molar-refractivity contribution in [2.75, 3.05) is 11.1 Å². The molecule has 1 aliphatic carbocycles. The van der Waals surface area contributed by atoms with Crippen molar-refractivity contribution >= 4 is 45.4 Å². The van der Waals surface area contributed by atoms with E-state index >= 15 is 0 Å². The molecular weight excluding hydrogens is 398 g/mol. The van der Waals surface area contributed by atoms with Gasteiger partial charge in [0.05, 0.1) is 10.6 Å². The summed E-state index contributed by atoms with van der Waals surface area (Å²) in [6.45, 7) is 4.05. The normalized spacial score (nSPS) is 18.3. The maximum absolute atomic E-state index is 12.6. The fourth-order valence-corrected chi connectivity index (χ4v) is 5.55. The van der Waals surface area contributed by atoms with Crippen LogP contribution >= 0.6 is 23.1 Å². The molecule has 1 aliphatic heterocycles. The summed E-state index contributed by atoms with van der Waals surface area (Å²) >= 11 is 3.21. The molecule has 1 aromatic heterocycles. The summed E-state index contributed by atoms with van der Waals surface area (Å²) in [5.74, 6) is 0.339. The van der Waals surface area contributed by atoms with Crippen molar-refractivity contribution in [1.82, 2.24) is 0 Å². The Labute approximate surface area is 180 Å². The summed E-state index contributed by atoms with van der Waals surface area (Å²) in [5.41, 5.74) is 3.77. The molecule has 1 N–H and O–H groups in total. The van der Waals surface area contributed by atoms with Crippen LogP contribution in [-0.2, 0) is 4.79 Å². The van der Waals surface area contributed by atoms with Gasteiger partial charge in [-0.1, -0.05) is 42.8 Å². The number of nitrogens with one attached hydrogen (secondary N) is 1. The van der Waals surface area contributed by atoms with Crippen LogP contribution in [0.3, 0.4) is 0 Å². The van der Waals surface area contributed by atoms with Crippen molar-refractivity contribution in [3.05, 3.63) is 51.7 Å². The summed E-state index contributed by atoms with van der Waals surface area (Å²) in [5, 5.41) is 6.05. The number of carbonyl (C=O) groups excluding carboxylic acids is 1. The molecule has 1 fully saturated rings. The van der Waals surface area contributed by atoms with Crippen LogP contribution in [0.5, 0.6) is 0 Å². The Hall–Kier alpha value is -1.92. The Bertz CT molecular complexity index is 939. The number of aliphatic imine (C=N–C) groups is 2. The van der Waals surface area contributed by atoms with Crippen molar-refractivity contribution in [2.45, 2.75) is 58.0 Å². The number of hydrogen-bond donors (Lipinski definition) is 1. The SMILES string of the molecule is Cc1ccc(C)c(NC(=O)CSC2=NC3(CCCCCC3)N=C2c2cccs2)c1. The number of thiophene rings is 1. The van der Waals surface area contributed by atoms with Gasteiger partial charge < -0.3 is 5.32 Å². The molecule has 29 heavy (non-hydrogen) atoms. The van der Waals surface area contributed by atoms with Crippen LogP contribution in [0.2, 0.25) is 0 Å². The zero-order valence-electron chi connectivity index (χ0n) is 17.0. The van der Waals surface area contributed by atoms with Gasteiger partial charge in [-0.05, 0) is 68.2 Å². The second-order valence-electron chi connectivity index (χ2n) is 7.91. The summed E-state index contributed by atoms with van der Waals surface area (Å²) in [6.07, 6.45) is 6.91. The number of benzene rings is 1. The van der Waals surface area contributed by atoms with Gasteiger partial charge in [-0.25, -0.2) is 4.99 Å². The third-order valence-corrected chi connectivity index (χ3v) is 7.34. The van der Waals surface area contributed by atoms with Gasteiger partial charge in [0.1, 0.15) is 10.8 Å². The summed E-state index contributed by atoms with van der Waals surface area (Å²) in [7, 11) is 0. The van der Waals surface area contributed by atoms with Gasteiger partial charge in [0.2, 0.25) is 5.91 Å². The molecule has 4 nitrogen and oxygen atoms in total. The van der Waals surface area contributed by atoms with Crippen LogP contribution in [0.4, 0.5) is 5.69 Å². The van der Waals surface area contributed by atoms with Gasteiger partial charge in [-0.3, -0.25) is 9.79 Å². The maximum Gasteiger partial charge on any atom is 0.234 e. The smallest absolute Gasteiger partial charge is 0.234 e. The van der Waals surface area contributed by atoms with E-state index in [4.69, 9.17) is 9.98 Å². The summed E-state index contributed by atoms with van der Waals surface area (Å²) in [4.78, 5) is 24.0. The van der Waals surface area contributed by atoms with Crippen LogP contribution in [0.1, 0.15) is 54.5 Å². The second kappa shape index (κ2) is 8.84. The molecule has 2 aromatic rings. The van der Waals surface area contributed by atoms with Gasteiger partial charge in [0.25, 0.3) is 0 Å². The molecule has 2 aliphatic rings. The van der Waals surface area contributed by atoms with Gasteiger partial charge >= 0.3 is 0 Å². The lowest BCUT2D eigenvalue weighted by atomic mass is 10.0. The molecule has 0 saturated heterocycles. The molecule has 0 bridgehead atoms. The first-order valence-corrected chi connectivity index (χ1v) is 12.2.